The Morgan fingerprint density at radius 2 is 2.12 bits per heavy atom. The number of methoxy groups -OCH3 is 1. The molecule has 94 valence electrons. The predicted molar refractivity (Wildman–Crippen MR) is 66.1 cm³/mol. The van der Waals surface area contributed by atoms with Crippen LogP contribution in [0.3, 0.4) is 0 Å². The van der Waals surface area contributed by atoms with Crippen LogP contribution in [0.1, 0.15) is 13.8 Å². The number of carbonyl (C=O) groups is 1. The fourth-order valence-corrected chi connectivity index (χ4v) is 1.31. The van der Waals surface area contributed by atoms with Gasteiger partial charge in [0.2, 0.25) is 5.91 Å². The summed E-state index contributed by atoms with van der Waals surface area (Å²) >= 11 is 4.84. The molecular weight excluding hydrogens is 228 g/mol. The molecule has 16 heavy (non-hydrogen) atoms. The van der Waals surface area contributed by atoms with Crippen LogP contribution in [0.5, 0.6) is 0 Å². The van der Waals surface area contributed by atoms with E-state index in [1.165, 1.54) is 12.0 Å². The SMILES string of the molecule is COCC(O)CN(C)C(=O)C(C)(C)C(N)=S. The zero-order valence-electron chi connectivity index (χ0n) is 10.2. The molecule has 0 rings (SSSR count). The second kappa shape index (κ2) is 6.12. The zero-order valence-corrected chi connectivity index (χ0v) is 11.0. The number of likely N-dealkylation sites (N-methyl/N-ethyl adjacent to an activating group) is 1. The summed E-state index contributed by atoms with van der Waals surface area (Å²) in [7, 11) is 3.09. The molecule has 0 aliphatic rings. The lowest BCUT2D eigenvalue weighted by Crippen LogP contribution is -2.48. The van der Waals surface area contributed by atoms with Gasteiger partial charge < -0.3 is 20.5 Å². The minimum absolute atomic E-state index is 0.144. The van der Waals surface area contributed by atoms with Gasteiger partial charge in [-0.2, -0.15) is 0 Å². The van der Waals surface area contributed by atoms with Crippen molar-refractivity contribution < 1.29 is 14.6 Å². The standard InChI is InChI=1S/C10H20N2O3S/c1-10(2,8(11)16)9(14)12(3)5-7(13)6-15-4/h7,13H,5-6H2,1-4H3,(H2,11,16). The van der Waals surface area contributed by atoms with Crippen LogP contribution in [0.25, 0.3) is 0 Å². The molecule has 0 aromatic heterocycles. The highest BCUT2D eigenvalue weighted by molar-refractivity contribution is 7.80. The van der Waals surface area contributed by atoms with Crippen molar-refractivity contribution in [3.05, 3.63) is 0 Å². The number of ether oxygens (including phenoxy) is 1. The van der Waals surface area contributed by atoms with Crippen LogP contribution >= 0.6 is 12.2 Å². The normalized spacial score (nSPS) is 13.3. The summed E-state index contributed by atoms with van der Waals surface area (Å²) in [6, 6.07) is 0. The Kier molecular flexibility index (Phi) is 5.85. The Morgan fingerprint density at radius 3 is 2.50 bits per heavy atom. The van der Waals surface area contributed by atoms with E-state index in [0.717, 1.165) is 0 Å². The highest BCUT2D eigenvalue weighted by Gasteiger charge is 2.33. The first kappa shape index (κ1) is 15.3. The second-order valence-electron chi connectivity index (χ2n) is 4.28. The number of hydrogen-bond acceptors (Lipinski definition) is 4. The van der Waals surface area contributed by atoms with Gasteiger partial charge in [-0.15, -0.1) is 0 Å². The fraction of sp³-hybridized carbons (Fsp3) is 0.800. The molecule has 0 heterocycles. The summed E-state index contributed by atoms with van der Waals surface area (Å²) in [6.45, 7) is 3.71. The van der Waals surface area contributed by atoms with Gasteiger partial charge in [-0.25, -0.2) is 0 Å². The van der Waals surface area contributed by atoms with Gasteiger partial charge in [0.1, 0.15) is 0 Å². The number of amides is 1. The molecule has 0 bridgehead atoms. The van der Waals surface area contributed by atoms with Crippen molar-refractivity contribution in [1.82, 2.24) is 4.90 Å². The van der Waals surface area contributed by atoms with Gasteiger partial charge in [-0.05, 0) is 13.8 Å². The largest absolute Gasteiger partial charge is 0.392 e. The van der Waals surface area contributed by atoms with Gasteiger partial charge in [0.25, 0.3) is 0 Å². The molecular formula is C10H20N2O3S. The van der Waals surface area contributed by atoms with E-state index in [1.807, 2.05) is 0 Å². The molecule has 5 nitrogen and oxygen atoms in total. The van der Waals surface area contributed by atoms with Crippen LogP contribution in [-0.4, -0.2) is 54.3 Å². The number of hydrogen-bond donors (Lipinski definition) is 2. The Labute approximate surface area is 102 Å². The molecule has 1 amide bonds. The average Bonchev–Trinajstić information content (AvgIpc) is 2.16. The highest BCUT2D eigenvalue weighted by atomic mass is 32.1. The molecule has 3 N–H and O–H groups in total. The first-order valence-electron chi connectivity index (χ1n) is 4.96. The molecule has 0 saturated carbocycles. The maximum Gasteiger partial charge on any atom is 0.234 e. The van der Waals surface area contributed by atoms with E-state index in [9.17, 15) is 9.90 Å². The van der Waals surface area contributed by atoms with Crippen LogP contribution in [0.15, 0.2) is 0 Å². The molecule has 1 unspecified atom stereocenters. The smallest absolute Gasteiger partial charge is 0.234 e. The number of nitrogens with zero attached hydrogens (tertiary/aromatic N) is 1. The monoisotopic (exact) mass is 248 g/mol. The van der Waals surface area contributed by atoms with Crippen molar-refractivity contribution in [3.8, 4) is 0 Å². The Balaban J connectivity index is 4.45. The summed E-state index contributed by atoms with van der Waals surface area (Å²) in [5, 5.41) is 9.49. The van der Waals surface area contributed by atoms with E-state index in [4.69, 9.17) is 22.7 Å². The maximum atomic E-state index is 12.0. The van der Waals surface area contributed by atoms with E-state index < -0.39 is 11.5 Å². The van der Waals surface area contributed by atoms with Crippen LogP contribution in [-0.2, 0) is 9.53 Å². The second-order valence-corrected chi connectivity index (χ2v) is 4.72. The number of aliphatic hydroxyl groups excluding tert-OH is 1. The molecule has 0 aliphatic carbocycles. The topological polar surface area (TPSA) is 75.8 Å². The van der Waals surface area contributed by atoms with Gasteiger partial charge in [0, 0.05) is 20.7 Å². The van der Waals surface area contributed by atoms with Crippen molar-refractivity contribution in [2.75, 3.05) is 27.3 Å². The summed E-state index contributed by atoms with van der Waals surface area (Å²) in [6.07, 6.45) is -0.707. The lowest BCUT2D eigenvalue weighted by Gasteiger charge is -2.29. The fourth-order valence-electron chi connectivity index (χ4n) is 1.23. The molecule has 0 aromatic rings. The molecule has 6 heteroatoms. The van der Waals surface area contributed by atoms with Gasteiger partial charge in [0.05, 0.1) is 23.1 Å². The number of rotatable bonds is 6. The van der Waals surface area contributed by atoms with Crippen molar-refractivity contribution in [2.45, 2.75) is 20.0 Å². The Hall–Kier alpha value is -0.720. The predicted octanol–water partition coefficient (Wildman–Crippen LogP) is -0.236. The minimum Gasteiger partial charge on any atom is -0.392 e. The van der Waals surface area contributed by atoms with Gasteiger partial charge >= 0.3 is 0 Å². The van der Waals surface area contributed by atoms with Gasteiger partial charge in [-0.3, -0.25) is 4.79 Å². The van der Waals surface area contributed by atoms with E-state index in [0.29, 0.717) is 0 Å². The quantitative estimate of drug-likeness (QED) is 0.635. The lowest BCUT2D eigenvalue weighted by atomic mass is 9.91. The third kappa shape index (κ3) is 4.03. The first-order chi connectivity index (χ1) is 7.23. The minimum atomic E-state index is -0.892. The van der Waals surface area contributed by atoms with Crippen LogP contribution < -0.4 is 5.73 Å². The van der Waals surface area contributed by atoms with Crippen LogP contribution in [0, 0.1) is 5.41 Å². The molecule has 0 saturated heterocycles. The van der Waals surface area contributed by atoms with E-state index >= 15 is 0 Å². The summed E-state index contributed by atoms with van der Waals surface area (Å²) in [5.41, 5.74) is 4.60. The summed E-state index contributed by atoms with van der Waals surface area (Å²) in [5.74, 6) is -0.213. The van der Waals surface area contributed by atoms with E-state index in [2.05, 4.69) is 0 Å². The van der Waals surface area contributed by atoms with Crippen molar-refractivity contribution in [3.63, 3.8) is 0 Å². The lowest BCUT2D eigenvalue weighted by molar-refractivity contribution is -0.137. The Bertz CT molecular complexity index is 269. The van der Waals surface area contributed by atoms with Crippen LogP contribution in [0.4, 0.5) is 0 Å². The van der Waals surface area contributed by atoms with Crippen LogP contribution in [0.2, 0.25) is 0 Å². The molecule has 0 radical (unpaired) electrons. The summed E-state index contributed by atoms with van der Waals surface area (Å²) < 4.78 is 4.78. The number of aliphatic hydroxyl groups is 1. The average molecular weight is 248 g/mol. The molecule has 0 aliphatic heterocycles. The maximum absolute atomic E-state index is 12.0. The van der Waals surface area contributed by atoms with Crippen molar-refractivity contribution in [2.24, 2.45) is 11.1 Å². The molecule has 0 fully saturated rings. The third-order valence-corrected chi connectivity index (χ3v) is 2.85. The molecule has 1 atom stereocenters. The van der Waals surface area contributed by atoms with E-state index in [-0.39, 0.29) is 24.0 Å². The number of carbonyl (C=O) groups excluding carboxylic acids is 1. The summed E-state index contributed by atoms with van der Waals surface area (Å²) in [4.78, 5) is 13.5. The number of thiocarbonyl (C=S) groups is 1. The van der Waals surface area contributed by atoms with E-state index in [1.54, 1.807) is 20.9 Å². The molecule has 0 aromatic carbocycles. The van der Waals surface area contributed by atoms with Crippen molar-refractivity contribution in [1.29, 1.82) is 0 Å². The van der Waals surface area contributed by atoms with Gasteiger partial charge in [0.15, 0.2) is 0 Å². The van der Waals surface area contributed by atoms with Gasteiger partial charge in [-0.1, -0.05) is 12.2 Å². The highest BCUT2D eigenvalue weighted by Crippen LogP contribution is 2.18. The van der Waals surface area contributed by atoms with Crippen molar-refractivity contribution >= 4 is 23.1 Å². The third-order valence-electron chi connectivity index (χ3n) is 2.34. The zero-order chi connectivity index (χ0) is 12.9. The number of nitrogens with two attached hydrogens (primary N) is 1. The molecule has 0 spiro atoms. The first-order valence-corrected chi connectivity index (χ1v) is 5.36. The Morgan fingerprint density at radius 1 is 1.62 bits per heavy atom.